The summed E-state index contributed by atoms with van der Waals surface area (Å²) >= 11 is 0. The van der Waals surface area contributed by atoms with Gasteiger partial charge < -0.3 is 5.32 Å². The predicted octanol–water partition coefficient (Wildman–Crippen LogP) is 1.61. The van der Waals surface area contributed by atoms with Gasteiger partial charge in [-0.2, -0.15) is 0 Å². The molecule has 13 heavy (non-hydrogen) atoms. The first-order valence-electron chi connectivity index (χ1n) is 5.77. The maximum Gasteiger partial charge on any atom is 0.0238 e. The van der Waals surface area contributed by atoms with E-state index in [1.54, 1.807) is 0 Å². The number of hydrogen-bond donors (Lipinski definition) is 1. The Kier molecular flexibility index (Phi) is 2.89. The average molecular weight is 182 g/mol. The second-order valence-electron chi connectivity index (χ2n) is 4.77. The minimum Gasteiger partial charge on any atom is -0.315 e. The molecule has 2 fully saturated rings. The first-order valence-corrected chi connectivity index (χ1v) is 5.77. The van der Waals surface area contributed by atoms with Gasteiger partial charge in [-0.25, -0.2) is 0 Å². The zero-order valence-corrected chi connectivity index (χ0v) is 8.92. The van der Waals surface area contributed by atoms with Crippen molar-refractivity contribution in [3.8, 4) is 0 Å². The molecule has 0 aromatic heterocycles. The minimum absolute atomic E-state index is 0.732. The second kappa shape index (κ2) is 3.97. The van der Waals surface area contributed by atoms with Gasteiger partial charge in [-0.05, 0) is 39.7 Å². The topological polar surface area (TPSA) is 15.3 Å². The second-order valence-corrected chi connectivity index (χ2v) is 4.77. The molecule has 2 heteroatoms. The Morgan fingerprint density at radius 3 is 2.31 bits per heavy atom. The Balaban J connectivity index is 1.94. The Hall–Kier alpha value is -0.0800. The van der Waals surface area contributed by atoms with Crippen molar-refractivity contribution in [2.75, 3.05) is 13.1 Å². The van der Waals surface area contributed by atoms with Crippen LogP contribution in [0.25, 0.3) is 0 Å². The molecule has 1 heterocycles. The monoisotopic (exact) mass is 182 g/mol. The van der Waals surface area contributed by atoms with E-state index in [0.717, 1.165) is 18.1 Å². The minimum atomic E-state index is 0.732. The van der Waals surface area contributed by atoms with Crippen LogP contribution < -0.4 is 5.32 Å². The van der Waals surface area contributed by atoms with Crippen LogP contribution >= 0.6 is 0 Å². The van der Waals surface area contributed by atoms with Crippen LogP contribution in [0.1, 0.15) is 39.5 Å². The normalized spacial score (nSPS) is 30.0. The number of hydrogen-bond acceptors (Lipinski definition) is 2. The molecule has 0 bridgehead atoms. The Morgan fingerprint density at radius 1 is 1.15 bits per heavy atom. The van der Waals surface area contributed by atoms with Crippen molar-refractivity contribution in [1.82, 2.24) is 10.2 Å². The first-order chi connectivity index (χ1) is 6.29. The predicted molar refractivity (Wildman–Crippen MR) is 55.9 cm³/mol. The van der Waals surface area contributed by atoms with Gasteiger partial charge >= 0.3 is 0 Å². The molecule has 1 aliphatic heterocycles. The summed E-state index contributed by atoms with van der Waals surface area (Å²) < 4.78 is 0. The van der Waals surface area contributed by atoms with Crippen LogP contribution in [-0.4, -0.2) is 36.1 Å². The maximum atomic E-state index is 3.47. The fraction of sp³-hybridized carbons (Fsp3) is 1.00. The quantitative estimate of drug-likeness (QED) is 0.713. The lowest BCUT2D eigenvalue weighted by Crippen LogP contribution is -2.51. The third-order valence-corrected chi connectivity index (χ3v) is 3.55. The molecular formula is C11H22N2. The lowest BCUT2D eigenvalue weighted by molar-refractivity contribution is 0.0562. The van der Waals surface area contributed by atoms with E-state index in [9.17, 15) is 0 Å². The molecule has 76 valence electrons. The molecule has 2 aliphatic rings. The zero-order valence-electron chi connectivity index (χ0n) is 8.92. The summed E-state index contributed by atoms with van der Waals surface area (Å²) in [4.78, 5) is 2.75. The van der Waals surface area contributed by atoms with Crippen LogP contribution in [0.5, 0.6) is 0 Å². The van der Waals surface area contributed by atoms with Crippen LogP contribution in [0.15, 0.2) is 0 Å². The maximum absolute atomic E-state index is 3.47. The number of nitrogens with one attached hydrogen (secondary N) is 1. The van der Waals surface area contributed by atoms with Crippen LogP contribution in [0.3, 0.4) is 0 Å². The lowest BCUT2D eigenvalue weighted by atomic mass is 9.89. The summed E-state index contributed by atoms with van der Waals surface area (Å²) in [6.45, 7) is 7.13. The third-order valence-electron chi connectivity index (χ3n) is 3.55. The molecule has 1 saturated heterocycles. The van der Waals surface area contributed by atoms with E-state index in [2.05, 4.69) is 24.1 Å². The summed E-state index contributed by atoms with van der Waals surface area (Å²) in [5.41, 5.74) is 0. The smallest absolute Gasteiger partial charge is 0.0238 e. The highest BCUT2D eigenvalue weighted by molar-refractivity contribution is 4.90. The molecule has 0 radical (unpaired) electrons. The van der Waals surface area contributed by atoms with Gasteiger partial charge in [0, 0.05) is 24.7 Å². The summed E-state index contributed by atoms with van der Waals surface area (Å²) in [7, 11) is 0. The van der Waals surface area contributed by atoms with E-state index in [-0.39, 0.29) is 0 Å². The molecule has 0 aromatic rings. The van der Waals surface area contributed by atoms with Crippen molar-refractivity contribution >= 4 is 0 Å². The molecule has 2 nitrogen and oxygen atoms in total. The molecule has 1 saturated carbocycles. The van der Waals surface area contributed by atoms with Crippen LogP contribution in [0.2, 0.25) is 0 Å². The summed E-state index contributed by atoms with van der Waals surface area (Å²) in [6, 6.07) is 2.46. The van der Waals surface area contributed by atoms with E-state index < -0.39 is 0 Å². The first kappa shape index (κ1) is 9.47. The van der Waals surface area contributed by atoms with Crippen LogP contribution in [0, 0.1) is 0 Å². The van der Waals surface area contributed by atoms with E-state index in [4.69, 9.17) is 0 Å². The molecule has 2 rings (SSSR count). The van der Waals surface area contributed by atoms with Gasteiger partial charge in [0.25, 0.3) is 0 Å². The number of nitrogens with zero attached hydrogens (tertiary/aromatic N) is 1. The van der Waals surface area contributed by atoms with Crippen molar-refractivity contribution in [3.63, 3.8) is 0 Å². The Bertz CT molecular complexity index is 157. The fourth-order valence-electron chi connectivity index (χ4n) is 2.72. The van der Waals surface area contributed by atoms with E-state index in [1.807, 2.05) is 0 Å². The van der Waals surface area contributed by atoms with Gasteiger partial charge in [0.05, 0.1) is 0 Å². The SMILES string of the molecule is CC(C)N(C1CCC1)C1CCNC1. The van der Waals surface area contributed by atoms with Gasteiger partial charge in [-0.1, -0.05) is 6.42 Å². The molecule has 1 N–H and O–H groups in total. The van der Waals surface area contributed by atoms with Gasteiger partial charge in [0.15, 0.2) is 0 Å². The average Bonchev–Trinajstić information content (AvgIpc) is 2.46. The Labute approximate surface area is 81.7 Å². The molecule has 0 spiro atoms. The largest absolute Gasteiger partial charge is 0.315 e. The fourth-order valence-corrected chi connectivity index (χ4v) is 2.72. The van der Waals surface area contributed by atoms with Crippen LogP contribution in [-0.2, 0) is 0 Å². The molecular weight excluding hydrogens is 160 g/mol. The lowest BCUT2D eigenvalue weighted by Gasteiger charge is -2.43. The molecule has 1 unspecified atom stereocenters. The molecule has 1 atom stereocenters. The molecule has 0 aromatic carbocycles. The van der Waals surface area contributed by atoms with Gasteiger partial charge in [-0.3, -0.25) is 4.90 Å². The van der Waals surface area contributed by atoms with Crippen molar-refractivity contribution in [2.45, 2.75) is 57.7 Å². The van der Waals surface area contributed by atoms with Gasteiger partial charge in [0.2, 0.25) is 0 Å². The molecule has 1 aliphatic carbocycles. The molecule has 0 amide bonds. The van der Waals surface area contributed by atoms with E-state index >= 15 is 0 Å². The zero-order chi connectivity index (χ0) is 9.26. The van der Waals surface area contributed by atoms with Crippen molar-refractivity contribution < 1.29 is 0 Å². The Morgan fingerprint density at radius 2 is 1.92 bits per heavy atom. The highest BCUT2D eigenvalue weighted by Crippen LogP contribution is 2.29. The highest BCUT2D eigenvalue weighted by atomic mass is 15.2. The van der Waals surface area contributed by atoms with Gasteiger partial charge in [0.1, 0.15) is 0 Å². The summed E-state index contributed by atoms with van der Waals surface area (Å²) in [6.07, 6.45) is 5.69. The van der Waals surface area contributed by atoms with E-state index in [0.29, 0.717) is 0 Å². The summed E-state index contributed by atoms with van der Waals surface area (Å²) in [5.74, 6) is 0. The van der Waals surface area contributed by atoms with Crippen molar-refractivity contribution in [3.05, 3.63) is 0 Å². The van der Waals surface area contributed by atoms with Crippen molar-refractivity contribution in [1.29, 1.82) is 0 Å². The third kappa shape index (κ3) is 1.89. The highest BCUT2D eigenvalue weighted by Gasteiger charge is 2.33. The van der Waals surface area contributed by atoms with Gasteiger partial charge in [-0.15, -0.1) is 0 Å². The standard InChI is InChI=1S/C11H22N2/c1-9(2)13(10-4-3-5-10)11-6-7-12-8-11/h9-12H,3-8H2,1-2H3. The van der Waals surface area contributed by atoms with Crippen LogP contribution in [0.4, 0.5) is 0 Å². The number of rotatable bonds is 3. The summed E-state index contributed by atoms with van der Waals surface area (Å²) in [5, 5.41) is 3.47. The van der Waals surface area contributed by atoms with E-state index in [1.165, 1.54) is 38.8 Å². The van der Waals surface area contributed by atoms with Crippen molar-refractivity contribution in [2.24, 2.45) is 0 Å².